The number of aromatic amines is 2. The summed E-state index contributed by atoms with van der Waals surface area (Å²) < 4.78 is 0. The van der Waals surface area contributed by atoms with E-state index in [1.165, 1.54) is 0 Å². The summed E-state index contributed by atoms with van der Waals surface area (Å²) >= 11 is 0. The molecular weight excluding hydrogens is 464 g/mol. The topological polar surface area (TPSA) is 164 Å². The average Bonchev–Trinajstić information content (AvgIpc) is 3.46. The third-order valence-electron chi connectivity index (χ3n) is 6.03. The van der Waals surface area contributed by atoms with E-state index in [1.54, 1.807) is 12.4 Å². The molecule has 10 heteroatoms. The van der Waals surface area contributed by atoms with Gasteiger partial charge in [0.05, 0.1) is 6.42 Å². The first-order valence-electron chi connectivity index (χ1n) is 11.5. The van der Waals surface area contributed by atoms with Crippen molar-refractivity contribution in [2.45, 2.75) is 37.8 Å². The van der Waals surface area contributed by atoms with Crippen LogP contribution in [-0.2, 0) is 32.0 Å². The Balaban J connectivity index is 1.54. The minimum Gasteiger partial charge on any atom is -0.481 e. The molecule has 2 aromatic carbocycles. The van der Waals surface area contributed by atoms with E-state index in [9.17, 15) is 24.3 Å². The van der Waals surface area contributed by atoms with Crippen LogP contribution in [0.15, 0.2) is 60.9 Å². The molecule has 0 fully saturated rings. The Hall–Kier alpha value is -4.60. The van der Waals surface area contributed by atoms with Crippen LogP contribution in [0.3, 0.4) is 0 Å². The van der Waals surface area contributed by atoms with Crippen molar-refractivity contribution in [1.82, 2.24) is 20.6 Å². The van der Waals surface area contributed by atoms with Crippen molar-refractivity contribution in [1.29, 1.82) is 0 Å². The summed E-state index contributed by atoms with van der Waals surface area (Å²) in [4.78, 5) is 54.7. The van der Waals surface area contributed by atoms with Crippen LogP contribution >= 0.6 is 0 Å². The van der Waals surface area contributed by atoms with E-state index in [4.69, 9.17) is 5.11 Å². The fraction of sp³-hybridized carbons (Fsp3) is 0.231. The van der Waals surface area contributed by atoms with Crippen molar-refractivity contribution < 1.29 is 29.4 Å². The Morgan fingerprint density at radius 1 is 0.722 bits per heavy atom. The van der Waals surface area contributed by atoms with E-state index in [1.807, 2.05) is 48.5 Å². The number of hydrogen-bond donors (Lipinski definition) is 6. The normalized spacial score (nSPS) is 12.8. The van der Waals surface area contributed by atoms with Crippen molar-refractivity contribution in [3.05, 3.63) is 72.1 Å². The number of carbonyl (C=O) groups excluding carboxylic acids is 2. The van der Waals surface area contributed by atoms with Crippen molar-refractivity contribution in [3.63, 3.8) is 0 Å². The fourth-order valence-corrected chi connectivity index (χ4v) is 4.21. The van der Waals surface area contributed by atoms with Gasteiger partial charge >= 0.3 is 11.9 Å². The van der Waals surface area contributed by atoms with E-state index < -0.39 is 35.8 Å². The van der Waals surface area contributed by atoms with Gasteiger partial charge in [-0.25, -0.2) is 4.79 Å². The van der Waals surface area contributed by atoms with Crippen LogP contribution in [0.2, 0.25) is 0 Å². The third-order valence-corrected chi connectivity index (χ3v) is 6.03. The van der Waals surface area contributed by atoms with Gasteiger partial charge in [-0.1, -0.05) is 36.4 Å². The Morgan fingerprint density at radius 2 is 1.25 bits per heavy atom. The average molecular weight is 491 g/mol. The molecular formula is C26H26N4O6. The van der Waals surface area contributed by atoms with Crippen molar-refractivity contribution >= 4 is 45.6 Å². The molecule has 0 spiro atoms. The Morgan fingerprint density at radius 3 is 1.78 bits per heavy atom. The minimum absolute atomic E-state index is 0.0395. The molecule has 0 saturated heterocycles. The molecule has 2 atom stereocenters. The zero-order chi connectivity index (χ0) is 25.7. The standard InChI is InChI=1S/C26H26N4O6/c31-23(9-10-24(32)33)29-21(11-15-13-27-19-7-3-1-5-17(15)19)25(34)30-22(26(35)36)12-16-14-28-20-8-4-2-6-18(16)20/h1-8,13-14,21-22,27-28H,9-12H2,(H,29,31)(H,30,34)(H,32,33)(H,35,36)/t21-,22-/m0/s1. The van der Waals surface area contributed by atoms with Crippen molar-refractivity contribution in [3.8, 4) is 0 Å². The number of hydrogen-bond acceptors (Lipinski definition) is 4. The lowest BCUT2D eigenvalue weighted by Gasteiger charge is -2.21. The summed E-state index contributed by atoms with van der Waals surface area (Å²) in [6.07, 6.45) is 2.89. The number of aromatic nitrogens is 2. The molecule has 186 valence electrons. The lowest BCUT2D eigenvalue weighted by atomic mass is 10.0. The highest BCUT2D eigenvalue weighted by molar-refractivity contribution is 5.93. The first kappa shape index (κ1) is 24.5. The largest absolute Gasteiger partial charge is 0.481 e. The number of nitrogens with one attached hydrogen (secondary N) is 4. The van der Waals surface area contributed by atoms with Crippen LogP contribution in [0.25, 0.3) is 21.8 Å². The van der Waals surface area contributed by atoms with E-state index >= 15 is 0 Å². The molecule has 2 heterocycles. The fourth-order valence-electron chi connectivity index (χ4n) is 4.21. The van der Waals surface area contributed by atoms with Crippen LogP contribution in [0.4, 0.5) is 0 Å². The maximum atomic E-state index is 13.3. The maximum Gasteiger partial charge on any atom is 0.326 e. The molecule has 6 N–H and O–H groups in total. The summed E-state index contributed by atoms with van der Waals surface area (Å²) in [6.45, 7) is 0. The number of rotatable bonds is 11. The van der Waals surface area contributed by atoms with Gasteiger partial charge < -0.3 is 30.8 Å². The second-order valence-corrected chi connectivity index (χ2v) is 8.54. The van der Waals surface area contributed by atoms with Crippen LogP contribution in [-0.4, -0.2) is 56.0 Å². The predicted octanol–water partition coefficient (Wildman–Crippen LogP) is 2.35. The third kappa shape index (κ3) is 5.72. The second kappa shape index (κ2) is 10.8. The monoisotopic (exact) mass is 490 g/mol. The van der Waals surface area contributed by atoms with Gasteiger partial charge in [0, 0.05) is 53.5 Å². The molecule has 4 rings (SSSR count). The van der Waals surface area contributed by atoms with E-state index in [0.717, 1.165) is 32.9 Å². The highest BCUT2D eigenvalue weighted by Crippen LogP contribution is 2.21. The molecule has 0 saturated carbocycles. The van der Waals surface area contributed by atoms with Crippen LogP contribution < -0.4 is 10.6 Å². The molecule has 0 bridgehead atoms. The molecule has 0 unspecified atom stereocenters. The zero-order valence-electron chi connectivity index (χ0n) is 19.3. The van der Waals surface area contributed by atoms with Gasteiger partial charge in [-0.05, 0) is 23.3 Å². The summed E-state index contributed by atoms with van der Waals surface area (Å²) in [5, 5.41) is 25.6. The number of carboxylic acid groups (broad SMARTS) is 2. The zero-order valence-corrected chi connectivity index (χ0v) is 19.3. The summed E-state index contributed by atoms with van der Waals surface area (Å²) in [7, 11) is 0. The summed E-state index contributed by atoms with van der Waals surface area (Å²) in [6, 6.07) is 12.6. The van der Waals surface area contributed by atoms with E-state index in [0.29, 0.717) is 0 Å². The highest BCUT2D eigenvalue weighted by atomic mass is 16.4. The first-order chi connectivity index (χ1) is 17.3. The molecule has 0 aliphatic heterocycles. The van der Waals surface area contributed by atoms with Crippen LogP contribution in [0, 0.1) is 0 Å². The van der Waals surface area contributed by atoms with E-state index in [-0.39, 0.29) is 25.7 Å². The van der Waals surface area contributed by atoms with Gasteiger partial charge in [0.25, 0.3) is 0 Å². The van der Waals surface area contributed by atoms with Crippen LogP contribution in [0.5, 0.6) is 0 Å². The predicted molar refractivity (Wildman–Crippen MR) is 132 cm³/mol. The first-order valence-corrected chi connectivity index (χ1v) is 11.5. The molecule has 10 nitrogen and oxygen atoms in total. The van der Waals surface area contributed by atoms with Gasteiger partial charge in [-0.2, -0.15) is 0 Å². The molecule has 0 aliphatic rings. The number of carbonyl (C=O) groups is 4. The Labute approximate surface area is 205 Å². The summed E-state index contributed by atoms with van der Waals surface area (Å²) in [5.41, 5.74) is 3.20. The number of benzene rings is 2. The van der Waals surface area contributed by atoms with E-state index in [2.05, 4.69) is 20.6 Å². The second-order valence-electron chi connectivity index (χ2n) is 8.54. The van der Waals surface area contributed by atoms with Crippen molar-refractivity contribution in [2.75, 3.05) is 0 Å². The lowest BCUT2D eigenvalue weighted by Crippen LogP contribution is -2.53. The number of amides is 2. The highest BCUT2D eigenvalue weighted by Gasteiger charge is 2.28. The SMILES string of the molecule is O=C(O)CCC(=O)N[C@@H](Cc1c[nH]c2ccccc12)C(=O)N[C@@H](Cc1c[nH]c2ccccc12)C(=O)O. The quantitative estimate of drug-likeness (QED) is 0.189. The number of H-pyrrole nitrogens is 2. The van der Waals surface area contributed by atoms with Gasteiger partial charge in [0.15, 0.2) is 0 Å². The van der Waals surface area contributed by atoms with Crippen molar-refractivity contribution in [2.24, 2.45) is 0 Å². The summed E-state index contributed by atoms with van der Waals surface area (Å²) in [5.74, 6) is -3.62. The smallest absolute Gasteiger partial charge is 0.326 e. The Bertz CT molecular complexity index is 1420. The van der Waals surface area contributed by atoms with Crippen LogP contribution in [0.1, 0.15) is 24.0 Å². The minimum atomic E-state index is -1.24. The van der Waals surface area contributed by atoms with Gasteiger partial charge in [-0.15, -0.1) is 0 Å². The van der Waals surface area contributed by atoms with Gasteiger partial charge in [-0.3, -0.25) is 14.4 Å². The molecule has 2 aromatic heterocycles. The number of aliphatic carboxylic acids is 2. The number of fused-ring (bicyclic) bond motifs is 2. The van der Waals surface area contributed by atoms with Gasteiger partial charge in [0.2, 0.25) is 11.8 Å². The van der Waals surface area contributed by atoms with Gasteiger partial charge in [0.1, 0.15) is 12.1 Å². The molecule has 0 aliphatic carbocycles. The molecule has 36 heavy (non-hydrogen) atoms. The molecule has 2 amide bonds. The number of carboxylic acids is 2. The molecule has 0 radical (unpaired) electrons. The maximum absolute atomic E-state index is 13.3. The lowest BCUT2D eigenvalue weighted by molar-refractivity contribution is -0.142. The number of para-hydroxylation sites is 2. The Kier molecular flexibility index (Phi) is 7.33. The molecule has 4 aromatic rings.